The van der Waals surface area contributed by atoms with Gasteiger partial charge < -0.3 is 15.0 Å². The van der Waals surface area contributed by atoms with Crippen molar-refractivity contribution in [3.8, 4) is 0 Å². The summed E-state index contributed by atoms with van der Waals surface area (Å²) in [6, 6.07) is 7.68. The van der Waals surface area contributed by atoms with E-state index in [2.05, 4.69) is 31.1 Å². The number of esters is 1. The zero-order valence-electron chi connectivity index (χ0n) is 16.3. The molecule has 27 heavy (non-hydrogen) atoms. The molecule has 0 radical (unpaired) electrons. The zero-order valence-corrected chi connectivity index (χ0v) is 17.1. The molecule has 0 atom stereocenters. The molecule has 146 valence electrons. The molecule has 0 aliphatic carbocycles. The molecule has 0 bridgehead atoms. The van der Waals surface area contributed by atoms with Crippen molar-refractivity contribution in [2.75, 3.05) is 19.0 Å². The van der Waals surface area contributed by atoms with E-state index in [-0.39, 0.29) is 11.7 Å². The van der Waals surface area contributed by atoms with E-state index >= 15 is 0 Å². The molecule has 0 saturated heterocycles. The summed E-state index contributed by atoms with van der Waals surface area (Å²) in [5.41, 5.74) is 2.26. The SMILES string of the molecule is CCc1ccc(NC(=O)N(CCC(C)C)Cc2nc(C(=O)OC)cs2)cc1. The van der Waals surface area contributed by atoms with Gasteiger partial charge in [0.2, 0.25) is 0 Å². The number of nitrogens with zero attached hydrogens (tertiary/aromatic N) is 2. The van der Waals surface area contributed by atoms with E-state index in [1.165, 1.54) is 24.0 Å². The minimum absolute atomic E-state index is 0.172. The molecular weight excluding hydrogens is 362 g/mol. The van der Waals surface area contributed by atoms with Crippen LogP contribution in [-0.4, -0.2) is 35.5 Å². The van der Waals surface area contributed by atoms with Gasteiger partial charge in [-0.3, -0.25) is 0 Å². The van der Waals surface area contributed by atoms with Crippen molar-refractivity contribution in [2.45, 2.75) is 40.2 Å². The number of hydrogen-bond acceptors (Lipinski definition) is 5. The number of rotatable bonds is 8. The van der Waals surface area contributed by atoms with E-state index in [1.54, 1.807) is 10.3 Å². The van der Waals surface area contributed by atoms with Crippen molar-refractivity contribution in [1.82, 2.24) is 9.88 Å². The third kappa shape index (κ3) is 6.36. The summed E-state index contributed by atoms with van der Waals surface area (Å²) < 4.78 is 4.69. The van der Waals surface area contributed by atoms with Gasteiger partial charge >= 0.3 is 12.0 Å². The Kier molecular flexibility index (Phi) is 7.79. The van der Waals surface area contributed by atoms with Crippen molar-refractivity contribution < 1.29 is 14.3 Å². The third-order valence-corrected chi connectivity index (χ3v) is 4.98. The van der Waals surface area contributed by atoms with Crippen LogP contribution < -0.4 is 5.32 Å². The monoisotopic (exact) mass is 389 g/mol. The fourth-order valence-corrected chi connectivity index (χ4v) is 3.22. The quantitative estimate of drug-likeness (QED) is 0.671. The first-order chi connectivity index (χ1) is 12.9. The first-order valence-electron chi connectivity index (χ1n) is 9.10. The fraction of sp³-hybridized carbons (Fsp3) is 0.450. The van der Waals surface area contributed by atoms with Crippen molar-refractivity contribution in [2.24, 2.45) is 5.92 Å². The first kappa shape index (κ1) is 20.9. The number of thiazole rings is 1. The highest BCUT2D eigenvalue weighted by Gasteiger charge is 2.18. The van der Waals surface area contributed by atoms with Gasteiger partial charge in [-0.15, -0.1) is 11.3 Å². The number of carbonyl (C=O) groups excluding carboxylic acids is 2. The molecule has 7 heteroatoms. The van der Waals surface area contributed by atoms with Crippen LogP contribution in [0.5, 0.6) is 0 Å². The highest BCUT2D eigenvalue weighted by atomic mass is 32.1. The van der Waals surface area contributed by atoms with E-state index in [0.717, 1.165) is 18.5 Å². The number of urea groups is 1. The average Bonchev–Trinajstić information content (AvgIpc) is 3.13. The lowest BCUT2D eigenvalue weighted by atomic mass is 10.1. The minimum Gasteiger partial charge on any atom is -0.464 e. The Morgan fingerprint density at radius 3 is 2.56 bits per heavy atom. The van der Waals surface area contributed by atoms with Crippen molar-refractivity contribution in [3.05, 3.63) is 45.9 Å². The van der Waals surface area contributed by atoms with Gasteiger partial charge in [0.05, 0.1) is 13.7 Å². The first-order valence-corrected chi connectivity index (χ1v) is 9.98. The van der Waals surface area contributed by atoms with Crippen LogP contribution in [0.4, 0.5) is 10.5 Å². The molecule has 0 aliphatic rings. The lowest BCUT2D eigenvalue weighted by Gasteiger charge is -2.23. The number of hydrogen-bond donors (Lipinski definition) is 1. The van der Waals surface area contributed by atoms with Gasteiger partial charge in [-0.2, -0.15) is 0 Å². The number of nitrogens with one attached hydrogen (secondary N) is 1. The number of aromatic nitrogens is 1. The summed E-state index contributed by atoms with van der Waals surface area (Å²) in [5, 5.41) is 5.31. The highest BCUT2D eigenvalue weighted by Crippen LogP contribution is 2.16. The normalized spacial score (nSPS) is 10.7. The number of amides is 2. The molecule has 0 spiro atoms. The van der Waals surface area contributed by atoms with Crippen LogP contribution in [0.1, 0.15) is 48.3 Å². The third-order valence-electron chi connectivity index (χ3n) is 4.15. The summed E-state index contributed by atoms with van der Waals surface area (Å²) in [6.07, 6.45) is 1.85. The Hall–Kier alpha value is -2.41. The lowest BCUT2D eigenvalue weighted by molar-refractivity contribution is 0.0594. The predicted molar refractivity (Wildman–Crippen MR) is 108 cm³/mol. The molecule has 0 unspecified atom stereocenters. The van der Waals surface area contributed by atoms with Crippen LogP contribution in [-0.2, 0) is 17.7 Å². The smallest absolute Gasteiger partial charge is 0.357 e. The molecule has 2 amide bonds. The Balaban J connectivity index is 2.08. The summed E-state index contributed by atoms with van der Waals surface area (Å²) in [7, 11) is 1.33. The van der Waals surface area contributed by atoms with Crippen LogP contribution >= 0.6 is 11.3 Å². The van der Waals surface area contributed by atoms with Gasteiger partial charge in [0, 0.05) is 17.6 Å². The molecule has 1 N–H and O–H groups in total. The topological polar surface area (TPSA) is 71.5 Å². The van der Waals surface area contributed by atoms with E-state index in [4.69, 9.17) is 4.74 Å². The maximum atomic E-state index is 12.8. The number of benzene rings is 1. The second kappa shape index (κ2) is 10.1. The molecular formula is C20H27N3O3S. The number of anilines is 1. The number of ether oxygens (including phenoxy) is 1. The van der Waals surface area contributed by atoms with E-state index in [9.17, 15) is 9.59 Å². The summed E-state index contributed by atoms with van der Waals surface area (Å²) in [6.45, 7) is 7.31. The van der Waals surface area contributed by atoms with Crippen LogP contribution in [0.3, 0.4) is 0 Å². The van der Waals surface area contributed by atoms with Gasteiger partial charge in [-0.25, -0.2) is 14.6 Å². The van der Waals surface area contributed by atoms with Gasteiger partial charge in [0.1, 0.15) is 5.01 Å². The standard InChI is InChI=1S/C20H27N3O3S/c1-5-15-6-8-16(9-7-15)21-20(25)23(11-10-14(2)3)12-18-22-17(13-27-18)19(24)26-4/h6-9,13-14H,5,10-12H2,1-4H3,(H,21,25). The minimum atomic E-state index is -0.466. The Morgan fingerprint density at radius 1 is 1.26 bits per heavy atom. The molecule has 0 fully saturated rings. The molecule has 1 heterocycles. The van der Waals surface area contributed by atoms with Gasteiger partial charge in [-0.1, -0.05) is 32.9 Å². The molecule has 1 aromatic carbocycles. The zero-order chi connectivity index (χ0) is 19.8. The summed E-state index contributed by atoms with van der Waals surface area (Å²) >= 11 is 1.35. The number of carbonyl (C=O) groups is 2. The number of aryl methyl sites for hydroxylation is 1. The van der Waals surface area contributed by atoms with Crippen molar-refractivity contribution in [3.63, 3.8) is 0 Å². The largest absolute Gasteiger partial charge is 0.464 e. The van der Waals surface area contributed by atoms with E-state index in [0.29, 0.717) is 24.0 Å². The molecule has 2 aromatic rings. The molecule has 0 saturated carbocycles. The van der Waals surface area contributed by atoms with Crippen LogP contribution in [0, 0.1) is 5.92 Å². The highest BCUT2D eigenvalue weighted by molar-refractivity contribution is 7.09. The van der Waals surface area contributed by atoms with Crippen LogP contribution in [0.25, 0.3) is 0 Å². The second-order valence-corrected chi connectivity index (χ2v) is 7.65. The van der Waals surface area contributed by atoms with Crippen LogP contribution in [0.15, 0.2) is 29.6 Å². The van der Waals surface area contributed by atoms with Gasteiger partial charge in [-0.05, 0) is 36.5 Å². The Bertz CT molecular complexity index is 756. The molecule has 1 aromatic heterocycles. The van der Waals surface area contributed by atoms with Crippen LogP contribution in [0.2, 0.25) is 0 Å². The maximum Gasteiger partial charge on any atom is 0.357 e. The maximum absolute atomic E-state index is 12.8. The summed E-state index contributed by atoms with van der Waals surface area (Å²) in [5.74, 6) is 0.0118. The van der Waals surface area contributed by atoms with Gasteiger partial charge in [0.25, 0.3) is 0 Å². The van der Waals surface area contributed by atoms with Crippen molar-refractivity contribution >= 4 is 29.0 Å². The number of methoxy groups -OCH3 is 1. The van der Waals surface area contributed by atoms with E-state index in [1.807, 2.05) is 24.3 Å². The molecule has 0 aliphatic heterocycles. The lowest BCUT2D eigenvalue weighted by Crippen LogP contribution is -2.35. The fourth-order valence-electron chi connectivity index (χ4n) is 2.44. The molecule has 6 nitrogen and oxygen atoms in total. The second-order valence-electron chi connectivity index (χ2n) is 6.70. The Labute approximate surface area is 164 Å². The van der Waals surface area contributed by atoms with Crippen molar-refractivity contribution in [1.29, 1.82) is 0 Å². The summed E-state index contributed by atoms with van der Waals surface area (Å²) in [4.78, 5) is 30.4. The Morgan fingerprint density at radius 2 is 1.96 bits per heavy atom. The van der Waals surface area contributed by atoms with Gasteiger partial charge in [0.15, 0.2) is 5.69 Å². The van der Waals surface area contributed by atoms with E-state index < -0.39 is 5.97 Å². The average molecular weight is 390 g/mol. The molecule has 2 rings (SSSR count). The predicted octanol–water partition coefficient (Wildman–Crippen LogP) is 4.57.